The molecule has 2 aromatic rings. The lowest BCUT2D eigenvalue weighted by Crippen LogP contribution is -2.54. The lowest BCUT2D eigenvalue weighted by atomic mass is 10.1. The van der Waals surface area contributed by atoms with Crippen LogP contribution in [0.25, 0.3) is 0 Å². The van der Waals surface area contributed by atoms with Gasteiger partial charge in [0.1, 0.15) is 12.2 Å². The molecule has 2 fully saturated rings. The minimum Gasteiger partial charge on any atom is -0.471 e. The summed E-state index contributed by atoms with van der Waals surface area (Å²) >= 11 is 0. The molecule has 3 heterocycles. The molecule has 1 saturated carbocycles. The zero-order chi connectivity index (χ0) is 16.4. The summed E-state index contributed by atoms with van der Waals surface area (Å²) in [5, 5.41) is 7.52. The molecule has 1 amide bonds. The number of carbonyl (C=O) groups is 1. The quantitative estimate of drug-likeness (QED) is 0.847. The third kappa shape index (κ3) is 2.82. The highest BCUT2D eigenvalue weighted by atomic mass is 16.5. The van der Waals surface area contributed by atoms with E-state index in [-0.39, 0.29) is 24.2 Å². The molecular weight excluding hydrogens is 308 g/mol. The van der Waals surface area contributed by atoms with Crippen molar-refractivity contribution in [1.82, 2.24) is 20.1 Å². The molecule has 0 spiro atoms. The van der Waals surface area contributed by atoms with Gasteiger partial charge in [-0.15, -0.1) is 0 Å². The van der Waals surface area contributed by atoms with Crippen LogP contribution in [0.2, 0.25) is 0 Å². The van der Waals surface area contributed by atoms with Gasteiger partial charge in [-0.25, -0.2) is 4.98 Å². The fraction of sp³-hybridized carbons (Fsp3) is 0.412. The number of rotatable bonds is 3. The number of ether oxygens (including phenoxy) is 2. The molecule has 124 valence electrons. The summed E-state index contributed by atoms with van der Waals surface area (Å²) in [6.45, 7) is 1.09. The molecule has 2 aliphatic rings. The highest BCUT2D eigenvalue weighted by Gasteiger charge is 2.46. The first-order valence-electron chi connectivity index (χ1n) is 8.10. The summed E-state index contributed by atoms with van der Waals surface area (Å²) in [4.78, 5) is 18.8. The maximum atomic E-state index is 12.8. The van der Waals surface area contributed by atoms with Crippen LogP contribution in [0.1, 0.15) is 23.2 Å². The Labute approximate surface area is 139 Å². The first-order valence-corrected chi connectivity index (χ1v) is 8.10. The smallest absolute Gasteiger partial charge is 0.255 e. The number of nitrogens with zero attached hydrogens (tertiary/aromatic N) is 4. The van der Waals surface area contributed by atoms with E-state index < -0.39 is 0 Å². The standard InChI is InChI=1S/C17H18N4O3/c22-17(12-6-8-19-20-11-12)21-9-10-23-16-13(21)4-5-14(16)24-15-3-1-2-7-18-15/h1-3,6-8,11,13-14,16H,4-5,9-10H2/t13-,14+,16+/m0/s1. The van der Waals surface area contributed by atoms with Crippen LogP contribution in [0.4, 0.5) is 0 Å². The van der Waals surface area contributed by atoms with E-state index in [0.717, 1.165) is 12.8 Å². The maximum absolute atomic E-state index is 12.8. The van der Waals surface area contributed by atoms with Gasteiger partial charge < -0.3 is 14.4 Å². The molecule has 4 rings (SSSR count). The Hall–Kier alpha value is -2.54. The van der Waals surface area contributed by atoms with Crippen LogP contribution < -0.4 is 4.74 Å². The highest BCUT2D eigenvalue weighted by Crippen LogP contribution is 2.33. The van der Waals surface area contributed by atoms with E-state index in [1.54, 1.807) is 12.3 Å². The topological polar surface area (TPSA) is 77.4 Å². The molecule has 0 bridgehead atoms. The van der Waals surface area contributed by atoms with E-state index in [9.17, 15) is 4.79 Å². The second kappa shape index (κ2) is 6.52. The highest BCUT2D eigenvalue weighted by molar-refractivity contribution is 5.94. The fourth-order valence-electron chi connectivity index (χ4n) is 3.45. The minimum atomic E-state index is -0.125. The molecule has 0 N–H and O–H groups in total. The molecule has 1 aliphatic heterocycles. The van der Waals surface area contributed by atoms with Crippen molar-refractivity contribution in [2.75, 3.05) is 13.2 Å². The Balaban J connectivity index is 1.49. The molecule has 24 heavy (non-hydrogen) atoms. The average Bonchev–Trinajstić information content (AvgIpc) is 3.06. The number of hydrogen-bond acceptors (Lipinski definition) is 6. The van der Waals surface area contributed by atoms with E-state index >= 15 is 0 Å². The number of morpholine rings is 1. The van der Waals surface area contributed by atoms with Crippen LogP contribution in [-0.2, 0) is 4.74 Å². The van der Waals surface area contributed by atoms with E-state index in [1.165, 1.54) is 12.4 Å². The lowest BCUT2D eigenvalue weighted by Gasteiger charge is -2.38. The molecule has 1 saturated heterocycles. The predicted molar refractivity (Wildman–Crippen MR) is 84.5 cm³/mol. The van der Waals surface area contributed by atoms with Crippen LogP contribution in [0.3, 0.4) is 0 Å². The van der Waals surface area contributed by atoms with E-state index in [0.29, 0.717) is 24.6 Å². The van der Waals surface area contributed by atoms with Gasteiger partial charge in [0.2, 0.25) is 5.88 Å². The third-order valence-corrected chi connectivity index (χ3v) is 4.54. The second-order valence-electron chi connectivity index (χ2n) is 5.93. The van der Waals surface area contributed by atoms with Crippen molar-refractivity contribution in [2.45, 2.75) is 31.1 Å². The summed E-state index contributed by atoms with van der Waals surface area (Å²) in [6.07, 6.45) is 6.22. The van der Waals surface area contributed by atoms with Crippen LogP contribution in [0.5, 0.6) is 5.88 Å². The van der Waals surface area contributed by atoms with Gasteiger partial charge in [-0.1, -0.05) is 6.07 Å². The summed E-state index contributed by atoms with van der Waals surface area (Å²) < 4.78 is 11.9. The van der Waals surface area contributed by atoms with Crippen molar-refractivity contribution >= 4 is 5.91 Å². The van der Waals surface area contributed by atoms with E-state index in [2.05, 4.69) is 15.2 Å². The van der Waals surface area contributed by atoms with Gasteiger partial charge >= 0.3 is 0 Å². The molecule has 0 unspecified atom stereocenters. The largest absolute Gasteiger partial charge is 0.471 e. The zero-order valence-electron chi connectivity index (χ0n) is 13.1. The van der Waals surface area contributed by atoms with Crippen molar-refractivity contribution in [3.05, 3.63) is 48.4 Å². The molecule has 7 heteroatoms. The SMILES string of the molecule is O=C(c1ccnnc1)N1CCO[C@H]2[C@H](Oc3ccccn3)CC[C@@H]21. The zero-order valence-corrected chi connectivity index (χ0v) is 13.1. The number of aromatic nitrogens is 3. The Morgan fingerprint density at radius 1 is 1.21 bits per heavy atom. The van der Waals surface area contributed by atoms with E-state index in [1.807, 2.05) is 23.1 Å². The number of carbonyl (C=O) groups excluding carboxylic acids is 1. The predicted octanol–water partition coefficient (Wildman–Crippen LogP) is 1.32. The molecule has 7 nitrogen and oxygen atoms in total. The average molecular weight is 326 g/mol. The van der Waals surface area contributed by atoms with Gasteiger partial charge in [0.15, 0.2) is 0 Å². The first-order chi connectivity index (χ1) is 11.8. The Bertz CT molecular complexity index is 697. The second-order valence-corrected chi connectivity index (χ2v) is 5.93. The Kier molecular flexibility index (Phi) is 4.08. The van der Waals surface area contributed by atoms with Crippen LogP contribution in [-0.4, -0.2) is 57.4 Å². The minimum absolute atomic E-state index is 0.0214. The molecule has 0 aromatic carbocycles. The number of amides is 1. The van der Waals surface area contributed by atoms with Gasteiger partial charge in [-0.05, 0) is 25.0 Å². The van der Waals surface area contributed by atoms with Crippen LogP contribution in [0, 0.1) is 0 Å². The van der Waals surface area contributed by atoms with Crippen molar-refractivity contribution in [1.29, 1.82) is 0 Å². The Morgan fingerprint density at radius 3 is 2.96 bits per heavy atom. The first kappa shape index (κ1) is 15.0. The monoisotopic (exact) mass is 326 g/mol. The van der Waals surface area contributed by atoms with Crippen molar-refractivity contribution in [3.8, 4) is 5.88 Å². The summed E-state index contributed by atoms with van der Waals surface area (Å²) in [6, 6.07) is 7.29. The van der Waals surface area contributed by atoms with Gasteiger partial charge in [-0.2, -0.15) is 10.2 Å². The van der Waals surface area contributed by atoms with Crippen molar-refractivity contribution in [3.63, 3.8) is 0 Å². The fourth-order valence-corrected chi connectivity index (χ4v) is 3.45. The van der Waals surface area contributed by atoms with E-state index in [4.69, 9.17) is 9.47 Å². The summed E-state index contributed by atoms with van der Waals surface area (Å²) in [5.41, 5.74) is 0.555. The number of fused-ring (bicyclic) bond motifs is 1. The van der Waals surface area contributed by atoms with Gasteiger partial charge in [0.25, 0.3) is 5.91 Å². The Morgan fingerprint density at radius 2 is 2.17 bits per heavy atom. The van der Waals surface area contributed by atoms with Gasteiger partial charge in [-0.3, -0.25) is 4.79 Å². The van der Waals surface area contributed by atoms with Crippen LogP contribution >= 0.6 is 0 Å². The molecule has 0 radical (unpaired) electrons. The molecular formula is C17H18N4O3. The maximum Gasteiger partial charge on any atom is 0.255 e. The van der Waals surface area contributed by atoms with Crippen LogP contribution in [0.15, 0.2) is 42.9 Å². The molecule has 1 aliphatic carbocycles. The summed E-state index contributed by atoms with van der Waals surface area (Å²) in [5.74, 6) is 0.565. The van der Waals surface area contributed by atoms with Gasteiger partial charge in [0, 0.05) is 18.8 Å². The molecule has 2 aromatic heterocycles. The normalized spacial score (nSPS) is 26.0. The molecule has 3 atom stereocenters. The van der Waals surface area contributed by atoms with Crippen molar-refractivity contribution < 1.29 is 14.3 Å². The number of pyridine rings is 1. The third-order valence-electron chi connectivity index (χ3n) is 4.54. The van der Waals surface area contributed by atoms with Gasteiger partial charge in [0.05, 0.1) is 30.6 Å². The summed E-state index contributed by atoms with van der Waals surface area (Å²) in [7, 11) is 0. The number of hydrogen-bond donors (Lipinski definition) is 0. The van der Waals surface area contributed by atoms with Crippen molar-refractivity contribution in [2.24, 2.45) is 0 Å². The lowest BCUT2D eigenvalue weighted by molar-refractivity contribution is -0.0793.